The third-order valence-electron chi connectivity index (χ3n) is 2.30. The normalized spacial score (nSPS) is 10.4. The van der Waals surface area contributed by atoms with E-state index in [4.69, 9.17) is 16.3 Å². The van der Waals surface area contributed by atoms with Crippen LogP contribution in [0.25, 0.3) is 0 Å². The molecule has 18 heavy (non-hydrogen) atoms. The molecule has 1 aromatic carbocycles. The molecular weight excluding hydrogens is 316 g/mol. The van der Waals surface area contributed by atoms with Crippen molar-refractivity contribution in [1.29, 1.82) is 0 Å². The van der Waals surface area contributed by atoms with Crippen molar-refractivity contribution >= 4 is 27.5 Å². The van der Waals surface area contributed by atoms with Crippen LogP contribution in [-0.4, -0.2) is 12.0 Å². The Labute approximate surface area is 119 Å². The molecule has 3 nitrogen and oxygen atoms in total. The Bertz CT molecular complexity index is 548. The van der Waals surface area contributed by atoms with Gasteiger partial charge in [0, 0.05) is 22.8 Å². The van der Waals surface area contributed by atoms with Crippen LogP contribution >= 0.6 is 27.5 Å². The van der Waals surface area contributed by atoms with E-state index < -0.39 is 0 Å². The second-order valence-electron chi connectivity index (χ2n) is 3.68. The lowest BCUT2D eigenvalue weighted by atomic mass is 10.2. The fraction of sp³-hybridized carbons (Fsp3) is 0.154. The van der Waals surface area contributed by atoms with E-state index in [1.807, 2.05) is 31.3 Å². The van der Waals surface area contributed by atoms with Crippen molar-refractivity contribution in [3.8, 4) is 11.6 Å². The van der Waals surface area contributed by atoms with Gasteiger partial charge in [-0.25, -0.2) is 4.98 Å². The summed E-state index contributed by atoms with van der Waals surface area (Å²) in [6.45, 7) is 0.673. The van der Waals surface area contributed by atoms with Gasteiger partial charge in [-0.05, 0) is 41.2 Å². The number of nitrogens with zero attached hydrogens (tertiary/aromatic N) is 1. The minimum Gasteiger partial charge on any atom is -0.437 e. The molecule has 0 aliphatic carbocycles. The first-order valence-corrected chi connectivity index (χ1v) is 6.59. The Morgan fingerprint density at radius 2 is 2.17 bits per heavy atom. The van der Waals surface area contributed by atoms with Crippen molar-refractivity contribution in [3.05, 3.63) is 51.6 Å². The van der Waals surface area contributed by atoms with Crippen molar-refractivity contribution in [2.75, 3.05) is 7.05 Å². The fourth-order valence-corrected chi connectivity index (χ4v) is 2.06. The maximum absolute atomic E-state index is 6.06. The van der Waals surface area contributed by atoms with E-state index in [0.717, 1.165) is 10.0 Å². The first-order chi connectivity index (χ1) is 8.70. The summed E-state index contributed by atoms with van der Waals surface area (Å²) in [7, 11) is 1.88. The molecule has 0 fully saturated rings. The Balaban J connectivity index is 2.31. The highest BCUT2D eigenvalue weighted by Gasteiger charge is 2.09. The maximum atomic E-state index is 6.06. The highest BCUT2D eigenvalue weighted by Crippen LogP contribution is 2.30. The van der Waals surface area contributed by atoms with Gasteiger partial charge in [0.05, 0.1) is 5.02 Å². The van der Waals surface area contributed by atoms with Crippen molar-refractivity contribution in [2.24, 2.45) is 0 Å². The average molecular weight is 328 g/mol. The number of hydrogen-bond donors (Lipinski definition) is 1. The highest BCUT2D eigenvalue weighted by molar-refractivity contribution is 9.10. The van der Waals surface area contributed by atoms with Gasteiger partial charge < -0.3 is 10.1 Å². The number of ether oxygens (including phenoxy) is 1. The molecule has 0 saturated carbocycles. The molecule has 2 aromatic rings. The molecule has 1 aromatic heterocycles. The number of aromatic nitrogens is 1. The number of nitrogens with one attached hydrogen (secondary N) is 1. The Morgan fingerprint density at radius 1 is 1.39 bits per heavy atom. The summed E-state index contributed by atoms with van der Waals surface area (Å²) in [6.07, 6.45) is 1.70. The third-order valence-corrected chi connectivity index (χ3v) is 3.05. The minimum atomic E-state index is 0.556. The number of pyridine rings is 1. The van der Waals surface area contributed by atoms with Crippen LogP contribution in [0.2, 0.25) is 5.02 Å². The zero-order valence-electron chi connectivity index (χ0n) is 9.78. The molecular formula is C13H12BrClN2O. The van der Waals surface area contributed by atoms with Crippen LogP contribution in [0.5, 0.6) is 11.6 Å². The van der Waals surface area contributed by atoms with Gasteiger partial charge in [0.15, 0.2) is 0 Å². The first-order valence-electron chi connectivity index (χ1n) is 5.42. The van der Waals surface area contributed by atoms with Gasteiger partial charge in [0.2, 0.25) is 5.88 Å². The van der Waals surface area contributed by atoms with Crippen LogP contribution in [0.15, 0.2) is 41.0 Å². The summed E-state index contributed by atoms with van der Waals surface area (Å²) in [5.74, 6) is 1.16. The SMILES string of the molecule is CNCc1cc(Br)cnc1Oc1ccccc1Cl. The molecule has 2 rings (SSSR count). The molecule has 94 valence electrons. The van der Waals surface area contributed by atoms with Crippen LogP contribution < -0.4 is 10.1 Å². The molecule has 0 amide bonds. The number of benzene rings is 1. The monoisotopic (exact) mass is 326 g/mol. The topological polar surface area (TPSA) is 34.2 Å². The number of halogens is 2. The van der Waals surface area contributed by atoms with Gasteiger partial charge in [0.25, 0.3) is 0 Å². The number of rotatable bonds is 4. The lowest BCUT2D eigenvalue weighted by Crippen LogP contribution is -2.07. The molecule has 0 atom stereocenters. The van der Waals surface area contributed by atoms with E-state index in [1.54, 1.807) is 12.3 Å². The summed E-state index contributed by atoms with van der Waals surface area (Å²) >= 11 is 9.45. The second-order valence-corrected chi connectivity index (χ2v) is 5.00. The lowest BCUT2D eigenvalue weighted by Gasteiger charge is -2.11. The zero-order chi connectivity index (χ0) is 13.0. The molecule has 0 bridgehead atoms. The Kier molecular flexibility index (Phi) is 4.58. The molecule has 0 saturated heterocycles. The van der Waals surface area contributed by atoms with E-state index in [1.165, 1.54) is 0 Å². The smallest absolute Gasteiger partial charge is 0.223 e. The van der Waals surface area contributed by atoms with Crippen LogP contribution in [0.4, 0.5) is 0 Å². The van der Waals surface area contributed by atoms with Gasteiger partial charge in [-0.2, -0.15) is 0 Å². The van der Waals surface area contributed by atoms with Gasteiger partial charge in [-0.15, -0.1) is 0 Å². The predicted octanol–water partition coefficient (Wildman–Crippen LogP) is 4.01. The first kappa shape index (κ1) is 13.3. The van der Waals surface area contributed by atoms with Gasteiger partial charge in [-0.3, -0.25) is 0 Å². The summed E-state index contributed by atoms with van der Waals surface area (Å²) < 4.78 is 6.66. The van der Waals surface area contributed by atoms with E-state index in [-0.39, 0.29) is 0 Å². The molecule has 0 unspecified atom stereocenters. The molecule has 0 spiro atoms. The van der Waals surface area contributed by atoms with E-state index >= 15 is 0 Å². The van der Waals surface area contributed by atoms with Crippen LogP contribution in [0.1, 0.15) is 5.56 Å². The van der Waals surface area contributed by atoms with Crippen molar-refractivity contribution in [2.45, 2.75) is 6.54 Å². The van der Waals surface area contributed by atoms with Crippen molar-refractivity contribution in [1.82, 2.24) is 10.3 Å². The van der Waals surface area contributed by atoms with E-state index in [9.17, 15) is 0 Å². The third kappa shape index (κ3) is 3.22. The minimum absolute atomic E-state index is 0.556. The molecule has 5 heteroatoms. The predicted molar refractivity (Wildman–Crippen MR) is 76.2 cm³/mol. The molecule has 1 N–H and O–H groups in total. The standard InChI is InChI=1S/C13H12BrClN2O/c1-16-7-9-6-10(14)8-17-13(9)18-12-5-3-2-4-11(12)15/h2-6,8,16H,7H2,1H3. The van der Waals surface area contributed by atoms with Crippen molar-refractivity contribution in [3.63, 3.8) is 0 Å². The molecule has 0 radical (unpaired) electrons. The Morgan fingerprint density at radius 3 is 2.89 bits per heavy atom. The van der Waals surface area contributed by atoms with Crippen LogP contribution in [0.3, 0.4) is 0 Å². The number of hydrogen-bond acceptors (Lipinski definition) is 3. The van der Waals surface area contributed by atoms with Gasteiger partial charge in [-0.1, -0.05) is 23.7 Å². The lowest BCUT2D eigenvalue weighted by molar-refractivity contribution is 0.454. The zero-order valence-corrected chi connectivity index (χ0v) is 12.1. The Hall–Kier alpha value is -1.10. The number of para-hydroxylation sites is 1. The highest BCUT2D eigenvalue weighted by atomic mass is 79.9. The maximum Gasteiger partial charge on any atom is 0.223 e. The molecule has 0 aliphatic heterocycles. The van der Waals surface area contributed by atoms with Gasteiger partial charge in [0.1, 0.15) is 5.75 Å². The van der Waals surface area contributed by atoms with Crippen LogP contribution in [0, 0.1) is 0 Å². The largest absolute Gasteiger partial charge is 0.437 e. The second kappa shape index (κ2) is 6.18. The average Bonchev–Trinajstić information content (AvgIpc) is 2.35. The quantitative estimate of drug-likeness (QED) is 0.921. The summed E-state index contributed by atoms with van der Waals surface area (Å²) in [5, 5.41) is 3.65. The van der Waals surface area contributed by atoms with E-state index in [2.05, 4.69) is 26.2 Å². The summed E-state index contributed by atoms with van der Waals surface area (Å²) in [5.41, 5.74) is 0.965. The fourth-order valence-electron chi connectivity index (χ4n) is 1.51. The summed E-state index contributed by atoms with van der Waals surface area (Å²) in [6, 6.07) is 9.30. The summed E-state index contributed by atoms with van der Waals surface area (Å²) in [4.78, 5) is 4.27. The van der Waals surface area contributed by atoms with Gasteiger partial charge >= 0.3 is 0 Å². The van der Waals surface area contributed by atoms with E-state index in [0.29, 0.717) is 23.2 Å². The van der Waals surface area contributed by atoms with Crippen molar-refractivity contribution < 1.29 is 4.74 Å². The molecule has 0 aliphatic rings. The van der Waals surface area contributed by atoms with Crippen LogP contribution in [-0.2, 0) is 6.54 Å². The molecule has 1 heterocycles.